The third-order valence-corrected chi connectivity index (χ3v) is 7.19. The van der Waals surface area contributed by atoms with Gasteiger partial charge in [0.15, 0.2) is 5.82 Å². The molecule has 1 aliphatic heterocycles. The molecule has 190 valence electrons. The number of rotatable bonds is 5. The van der Waals surface area contributed by atoms with Gasteiger partial charge in [0.1, 0.15) is 17.7 Å². The number of ether oxygens (including phenoxy) is 2. The summed E-state index contributed by atoms with van der Waals surface area (Å²) in [6.45, 7) is 2.46. The van der Waals surface area contributed by atoms with Crippen LogP contribution < -0.4 is 21.1 Å². The standard InChI is InChI=1S/C15H18ClN5O3.C11H12O/c16-12-13(19-15(17)22)21(10-4-2-1-3-5-10)20-14(12)24-9-11-8-18-6-7-23-11;12-10-7-8-3-1-2-4-9(8)11(10)5-6-11/h1-5,11,18H,6-9H2,(H3,17,19,22);1-4,10,12H,5-7H2. The molecule has 1 aromatic heterocycles. The van der Waals surface area contributed by atoms with E-state index in [1.54, 1.807) is 0 Å². The third kappa shape index (κ3) is 5.05. The molecule has 10 heteroatoms. The van der Waals surface area contributed by atoms with Crippen molar-refractivity contribution in [1.29, 1.82) is 0 Å². The number of aliphatic hydroxyl groups is 1. The molecule has 2 unspecified atom stereocenters. The van der Waals surface area contributed by atoms with E-state index in [1.165, 1.54) is 28.7 Å². The van der Waals surface area contributed by atoms with Crippen molar-refractivity contribution >= 4 is 23.4 Å². The highest BCUT2D eigenvalue weighted by molar-refractivity contribution is 6.34. The van der Waals surface area contributed by atoms with Gasteiger partial charge in [-0.05, 0) is 42.5 Å². The van der Waals surface area contributed by atoms with E-state index < -0.39 is 6.03 Å². The maximum atomic E-state index is 11.3. The third-order valence-electron chi connectivity index (χ3n) is 6.84. The summed E-state index contributed by atoms with van der Waals surface area (Å²) in [4.78, 5) is 11.3. The molecule has 2 aliphatic carbocycles. The fourth-order valence-electron chi connectivity index (χ4n) is 4.85. The van der Waals surface area contributed by atoms with Gasteiger partial charge >= 0.3 is 6.03 Å². The van der Waals surface area contributed by atoms with Gasteiger partial charge in [0.05, 0.1) is 18.4 Å². The Kier molecular flexibility index (Phi) is 7.15. The van der Waals surface area contributed by atoms with Gasteiger partial charge in [-0.3, -0.25) is 5.32 Å². The second-order valence-electron chi connectivity index (χ2n) is 9.25. The Morgan fingerprint density at radius 1 is 1.25 bits per heavy atom. The van der Waals surface area contributed by atoms with Gasteiger partial charge in [0, 0.05) is 18.5 Å². The quantitative estimate of drug-likeness (QED) is 0.417. The molecule has 6 rings (SSSR count). The first-order valence-electron chi connectivity index (χ1n) is 12.1. The molecule has 2 fully saturated rings. The van der Waals surface area contributed by atoms with Crippen LogP contribution in [0.1, 0.15) is 24.0 Å². The highest BCUT2D eigenvalue weighted by Gasteiger charge is 2.54. The minimum atomic E-state index is -0.736. The molecule has 3 aromatic rings. The number of carbonyl (C=O) groups excluding carboxylic acids is 1. The summed E-state index contributed by atoms with van der Waals surface area (Å²) < 4.78 is 12.7. The first kappa shape index (κ1) is 24.6. The van der Waals surface area contributed by atoms with Crippen molar-refractivity contribution in [1.82, 2.24) is 15.1 Å². The first-order chi connectivity index (χ1) is 17.5. The summed E-state index contributed by atoms with van der Waals surface area (Å²) in [5, 5.41) is 20.1. The molecule has 2 amide bonds. The Morgan fingerprint density at radius 2 is 2.00 bits per heavy atom. The van der Waals surface area contributed by atoms with E-state index in [1.807, 2.05) is 30.3 Å². The largest absolute Gasteiger partial charge is 0.473 e. The highest BCUT2D eigenvalue weighted by atomic mass is 35.5. The van der Waals surface area contributed by atoms with Crippen molar-refractivity contribution < 1.29 is 19.4 Å². The normalized spacial score (nSPS) is 21.3. The van der Waals surface area contributed by atoms with Crippen LogP contribution in [-0.4, -0.2) is 59.4 Å². The highest BCUT2D eigenvalue weighted by Crippen LogP contribution is 2.56. The van der Waals surface area contributed by atoms with E-state index in [-0.39, 0.29) is 34.3 Å². The second-order valence-corrected chi connectivity index (χ2v) is 9.62. The molecular weight excluding hydrogens is 482 g/mol. The molecule has 0 radical (unpaired) electrons. The van der Waals surface area contributed by atoms with Crippen LogP contribution in [-0.2, 0) is 16.6 Å². The number of aliphatic hydroxyl groups excluding tert-OH is 1. The zero-order valence-electron chi connectivity index (χ0n) is 19.8. The number of fused-ring (bicyclic) bond motifs is 2. The summed E-state index contributed by atoms with van der Waals surface area (Å²) in [5.74, 6) is 0.464. The monoisotopic (exact) mass is 511 g/mol. The van der Waals surface area contributed by atoms with Crippen molar-refractivity contribution in [2.75, 3.05) is 31.6 Å². The van der Waals surface area contributed by atoms with E-state index >= 15 is 0 Å². The minimum Gasteiger partial charge on any atom is -0.473 e. The molecule has 1 spiro atoms. The van der Waals surface area contributed by atoms with E-state index in [4.69, 9.17) is 26.8 Å². The molecule has 9 nitrogen and oxygen atoms in total. The summed E-state index contributed by atoms with van der Waals surface area (Å²) in [6, 6.07) is 17.0. The van der Waals surface area contributed by atoms with Crippen LogP contribution in [0.3, 0.4) is 0 Å². The smallest absolute Gasteiger partial charge is 0.317 e. The second kappa shape index (κ2) is 10.5. The summed E-state index contributed by atoms with van der Waals surface area (Å²) in [6.07, 6.45) is 3.06. The lowest BCUT2D eigenvalue weighted by molar-refractivity contribution is -0.000787. The molecule has 36 heavy (non-hydrogen) atoms. The minimum absolute atomic E-state index is 0.0794. The number of carbonyl (C=O) groups is 1. The maximum Gasteiger partial charge on any atom is 0.317 e. The Bertz CT molecular complexity index is 1210. The fraction of sp³-hybridized carbons (Fsp3) is 0.385. The van der Waals surface area contributed by atoms with Crippen LogP contribution in [0.4, 0.5) is 10.6 Å². The molecule has 3 aliphatic rings. The van der Waals surface area contributed by atoms with E-state index in [9.17, 15) is 9.90 Å². The Morgan fingerprint density at radius 3 is 2.69 bits per heavy atom. The van der Waals surface area contributed by atoms with Crippen LogP contribution in [0.15, 0.2) is 54.6 Å². The molecular formula is C26H30ClN5O4. The molecule has 2 atom stereocenters. The summed E-state index contributed by atoms with van der Waals surface area (Å²) >= 11 is 6.31. The number of amides is 2. The van der Waals surface area contributed by atoms with Crippen LogP contribution in [0.2, 0.25) is 5.02 Å². The van der Waals surface area contributed by atoms with E-state index in [0.717, 1.165) is 13.0 Å². The molecule has 2 heterocycles. The van der Waals surface area contributed by atoms with Gasteiger partial charge in [-0.15, -0.1) is 5.10 Å². The van der Waals surface area contributed by atoms with Gasteiger partial charge in [0.25, 0.3) is 5.88 Å². The van der Waals surface area contributed by atoms with Gasteiger partial charge in [-0.1, -0.05) is 54.1 Å². The molecule has 1 saturated carbocycles. The van der Waals surface area contributed by atoms with E-state index in [0.29, 0.717) is 25.4 Å². The lowest BCUT2D eigenvalue weighted by Crippen LogP contribution is -2.41. The number of nitrogens with one attached hydrogen (secondary N) is 2. The number of halogens is 1. The molecule has 2 aromatic carbocycles. The first-order valence-corrected chi connectivity index (χ1v) is 12.5. The van der Waals surface area contributed by atoms with Crippen molar-refractivity contribution in [3.05, 3.63) is 70.7 Å². The Hall–Kier alpha value is -3.11. The maximum absolute atomic E-state index is 11.3. The van der Waals surface area contributed by atoms with Gasteiger partial charge in [0.2, 0.25) is 0 Å². The number of aromatic nitrogens is 2. The topological polar surface area (TPSA) is 124 Å². The summed E-state index contributed by atoms with van der Waals surface area (Å²) in [5.41, 5.74) is 8.91. The number of nitrogens with zero attached hydrogens (tertiary/aromatic N) is 2. The van der Waals surface area contributed by atoms with Crippen molar-refractivity contribution in [2.24, 2.45) is 5.73 Å². The number of nitrogens with two attached hydrogens (primary N) is 1. The van der Waals surface area contributed by atoms with Crippen LogP contribution in [0.5, 0.6) is 5.88 Å². The summed E-state index contributed by atoms with van der Waals surface area (Å²) in [7, 11) is 0. The average Bonchev–Trinajstić information content (AvgIpc) is 3.59. The molecule has 1 saturated heterocycles. The number of benzene rings is 2. The molecule has 5 N–H and O–H groups in total. The lowest BCUT2D eigenvalue weighted by atomic mass is 9.97. The number of primary amides is 1. The predicted octanol–water partition coefficient (Wildman–Crippen LogP) is 3.02. The van der Waals surface area contributed by atoms with Gasteiger partial charge in [-0.2, -0.15) is 0 Å². The number of urea groups is 1. The van der Waals surface area contributed by atoms with Crippen molar-refractivity contribution in [2.45, 2.75) is 36.9 Å². The van der Waals surface area contributed by atoms with Crippen molar-refractivity contribution in [3.8, 4) is 11.6 Å². The van der Waals surface area contributed by atoms with Crippen LogP contribution in [0, 0.1) is 0 Å². The molecule has 0 bridgehead atoms. The van der Waals surface area contributed by atoms with Crippen molar-refractivity contribution in [3.63, 3.8) is 0 Å². The Labute approximate surface area is 214 Å². The van der Waals surface area contributed by atoms with Gasteiger partial charge in [-0.25, -0.2) is 9.48 Å². The number of para-hydroxylation sites is 1. The van der Waals surface area contributed by atoms with E-state index in [2.05, 4.69) is 40.0 Å². The predicted molar refractivity (Wildman–Crippen MR) is 137 cm³/mol. The number of morpholine rings is 1. The number of hydrogen-bond acceptors (Lipinski definition) is 6. The lowest BCUT2D eigenvalue weighted by Gasteiger charge is -2.23. The van der Waals surface area contributed by atoms with Crippen LogP contribution >= 0.6 is 11.6 Å². The fourth-order valence-corrected chi connectivity index (χ4v) is 5.07. The van der Waals surface area contributed by atoms with Gasteiger partial charge < -0.3 is 25.6 Å². The zero-order valence-corrected chi connectivity index (χ0v) is 20.6. The number of anilines is 1. The van der Waals surface area contributed by atoms with Crippen LogP contribution in [0.25, 0.3) is 5.69 Å². The zero-order chi connectivity index (χ0) is 25.1. The Balaban J connectivity index is 0.000000183. The number of hydrogen-bond donors (Lipinski definition) is 4. The SMILES string of the molecule is NC(=O)Nc1c(Cl)c(OCC2CNCCO2)nn1-c1ccccc1.OC1Cc2ccccc2C12CC2. The average molecular weight is 512 g/mol.